The lowest BCUT2D eigenvalue weighted by atomic mass is 9.80. The summed E-state index contributed by atoms with van der Waals surface area (Å²) in [5.74, 6) is 1.05. The van der Waals surface area contributed by atoms with Crippen LogP contribution in [-0.4, -0.2) is 53.0 Å². The van der Waals surface area contributed by atoms with Crippen LogP contribution in [0.1, 0.15) is 18.7 Å². The van der Waals surface area contributed by atoms with Gasteiger partial charge in [0.25, 0.3) is 0 Å². The molecule has 1 aliphatic heterocycles. The first-order valence-corrected chi connectivity index (χ1v) is 6.49. The molecule has 0 amide bonds. The Balaban J connectivity index is 1.93. The van der Waals surface area contributed by atoms with Crippen molar-refractivity contribution in [2.24, 2.45) is 12.5 Å². The van der Waals surface area contributed by atoms with Gasteiger partial charge in [-0.15, -0.1) is 0 Å². The summed E-state index contributed by atoms with van der Waals surface area (Å²) in [5.41, 5.74) is -0.00182. The average molecular weight is 253 g/mol. The number of hydrogen-bond acceptors (Lipinski definition) is 4. The van der Waals surface area contributed by atoms with E-state index in [1.165, 1.54) is 0 Å². The van der Waals surface area contributed by atoms with Crippen LogP contribution in [-0.2, 0) is 18.3 Å². The number of aliphatic hydroxyl groups excluding tert-OH is 1. The Morgan fingerprint density at radius 2 is 2.22 bits per heavy atom. The number of aryl methyl sites for hydroxylation is 1. The first-order chi connectivity index (χ1) is 8.65. The van der Waals surface area contributed by atoms with Gasteiger partial charge in [-0.2, -0.15) is 0 Å². The summed E-state index contributed by atoms with van der Waals surface area (Å²) >= 11 is 0. The lowest BCUT2D eigenvalue weighted by molar-refractivity contribution is -0.0321. The molecule has 0 unspecified atom stereocenters. The van der Waals surface area contributed by atoms with Crippen molar-refractivity contribution in [3.63, 3.8) is 0 Å². The molecule has 0 aliphatic carbocycles. The molecule has 0 bridgehead atoms. The van der Waals surface area contributed by atoms with E-state index in [1.807, 2.05) is 24.0 Å². The molecule has 18 heavy (non-hydrogen) atoms. The van der Waals surface area contributed by atoms with Gasteiger partial charge < -0.3 is 14.4 Å². The van der Waals surface area contributed by atoms with E-state index in [-0.39, 0.29) is 12.0 Å². The summed E-state index contributed by atoms with van der Waals surface area (Å²) in [7, 11) is 4.09. The van der Waals surface area contributed by atoms with E-state index in [2.05, 4.69) is 16.9 Å². The van der Waals surface area contributed by atoms with Gasteiger partial charge in [0.1, 0.15) is 5.82 Å². The van der Waals surface area contributed by atoms with Gasteiger partial charge in [0, 0.05) is 44.6 Å². The molecule has 102 valence electrons. The van der Waals surface area contributed by atoms with Crippen LogP contribution in [0.2, 0.25) is 0 Å². The molecule has 5 nitrogen and oxygen atoms in total. The summed E-state index contributed by atoms with van der Waals surface area (Å²) in [6.45, 7) is 3.46. The highest BCUT2D eigenvalue weighted by molar-refractivity contribution is 4.92. The predicted molar refractivity (Wildman–Crippen MR) is 69.1 cm³/mol. The Kier molecular flexibility index (Phi) is 4.37. The van der Waals surface area contributed by atoms with Crippen molar-refractivity contribution < 1.29 is 9.84 Å². The summed E-state index contributed by atoms with van der Waals surface area (Å²) in [4.78, 5) is 6.57. The van der Waals surface area contributed by atoms with Crippen LogP contribution in [0.3, 0.4) is 0 Å². The van der Waals surface area contributed by atoms with E-state index in [1.54, 1.807) is 0 Å². The molecule has 2 rings (SSSR count). The topological polar surface area (TPSA) is 50.5 Å². The van der Waals surface area contributed by atoms with Crippen molar-refractivity contribution >= 4 is 0 Å². The fourth-order valence-corrected chi connectivity index (χ4v) is 2.59. The van der Waals surface area contributed by atoms with Crippen LogP contribution >= 0.6 is 0 Å². The van der Waals surface area contributed by atoms with Crippen LogP contribution in [0.25, 0.3) is 0 Å². The van der Waals surface area contributed by atoms with Crippen molar-refractivity contribution in [2.45, 2.75) is 19.4 Å². The van der Waals surface area contributed by atoms with Crippen molar-refractivity contribution in [1.82, 2.24) is 14.5 Å². The highest BCUT2D eigenvalue weighted by Crippen LogP contribution is 2.30. The largest absolute Gasteiger partial charge is 0.396 e. The van der Waals surface area contributed by atoms with Crippen LogP contribution < -0.4 is 0 Å². The summed E-state index contributed by atoms with van der Waals surface area (Å²) in [6, 6.07) is 0. The quantitative estimate of drug-likeness (QED) is 0.837. The number of aliphatic hydroxyl groups is 1. The van der Waals surface area contributed by atoms with Gasteiger partial charge >= 0.3 is 0 Å². The Labute approximate surface area is 108 Å². The second-order valence-corrected chi connectivity index (χ2v) is 5.40. The van der Waals surface area contributed by atoms with E-state index in [0.29, 0.717) is 0 Å². The SMILES string of the molecule is CN(Cc1nccn1C)CC1(CO)CCOCC1. The fraction of sp³-hybridized carbons (Fsp3) is 0.769. The summed E-state index contributed by atoms with van der Waals surface area (Å²) in [6.07, 6.45) is 5.65. The first-order valence-electron chi connectivity index (χ1n) is 6.49. The predicted octanol–water partition coefficient (Wildman–Crippen LogP) is 0.641. The molecule has 1 N–H and O–H groups in total. The Hall–Kier alpha value is -0.910. The molecule has 0 radical (unpaired) electrons. The smallest absolute Gasteiger partial charge is 0.122 e. The van der Waals surface area contributed by atoms with E-state index < -0.39 is 0 Å². The van der Waals surface area contributed by atoms with E-state index in [4.69, 9.17) is 4.74 Å². The second-order valence-electron chi connectivity index (χ2n) is 5.40. The number of imidazole rings is 1. The molecule has 1 aliphatic rings. The molecule has 2 heterocycles. The van der Waals surface area contributed by atoms with Crippen LogP contribution in [0.15, 0.2) is 12.4 Å². The van der Waals surface area contributed by atoms with Crippen molar-refractivity contribution in [2.75, 3.05) is 33.4 Å². The molecule has 0 spiro atoms. The van der Waals surface area contributed by atoms with Gasteiger partial charge in [0.2, 0.25) is 0 Å². The fourth-order valence-electron chi connectivity index (χ4n) is 2.59. The molecule has 1 saturated heterocycles. The Morgan fingerprint density at radius 1 is 1.50 bits per heavy atom. The second kappa shape index (κ2) is 5.82. The number of nitrogens with zero attached hydrogens (tertiary/aromatic N) is 3. The van der Waals surface area contributed by atoms with Crippen molar-refractivity contribution in [3.8, 4) is 0 Å². The normalized spacial score (nSPS) is 19.3. The van der Waals surface area contributed by atoms with Gasteiger partial charge in [-0.3, -0.25) is 4.90 Å². The standard InChI is InChI=1S/C13H23N3O2/c1-15(9-12-14-5-6-16(12)2)10-13(11-17)3-7-18-8-4-13/h5-6,17H,3-4,7-11H2,1-2H3. The van der Waals surface area contributed by atoms with Gasteiger partial charge in [-0.25, -0.2) is 4.98 Å². The third-order valence-corrected chi connectivity index (χ3v) is 3.83. The van der Waals surface area contributed by atoms with E-state index in [0.717, 1.165) is 45.0 Å². The lowest BCUT2D eigenvalue weighted by Gasteiger charge is -2.38. The maximum absolute atomic E-state index is 9.67. The van der Waals surface area contributed by atoms with Gasteiger partial charge in [0.15, 0.2) is 0 Å². The number of rotatable bonds is 5. The highest BCUT2D eigenvalue weighted by Gasteiger charge is 2.33. The molecule has 1 fully saturated rings. The summed E-state index contributed by atoms with van der Waals surface area (Å²) in [5, 5.41) is 9.67. The van der Waals surface area contributed by atoms with Gasteiger partial charge in [0.05, 0.1) is 13.2 Å². The molecule has 0 saturated carbocycles. The Bertz CT molecular complexity index is 372. The highest BCUT2D eigenvalue weighted by atomic mass is 16.5. The zero-order chi connectivity index (χ0) is 13.0. The van der Waals surface area contributed by atoms with Crippen LogP contribution in [0.4, 0.5) is 0 Å². The zero-order valence-corrected chi connectivity index (χ0v) is 11.3. The average Bonchev–Trinajstić information content (AvgIpc) is 2.76. The lowest BCUT2D eigenvalue weighted by Crippen LogP contribution is -2.42. The minimum absolute atomic E-state index is 0.00182. The van der Waals surface area contributed by atoms with Crippen LogP contribution in [0.5, 0.6) is 0 Å². The molecule has 0 atom stereocenters. The number of aromatic nitrogens is 2. The van der Waals surface area contributed by atoms with Crippen LogP contribution in [0, 0.1) is 5.41 Å². The number of ether oxygens (including phenoxy) is 1. The van der Waals surface area contributed by atoms with E-state index >= 15 is 0 Å². The zero-order valence-electron chi connectivity index (χ0n) is 11.3. The van der Waals surface area contributed by atoms with Crippen molar-refractivity contribution in [1.29, 1.82) is 0 Å². The third-order valence-electron chi connectivity index (χ3n) is 3.83. The monoisotopic (exact) mass is 253 g/mol. The minimum atomic E-state index is -0.00182. The molecule has 0 aromatic carbocycles. The van der Waals surface area contributed by atoms with Gasteiger partial charge in [-0.1, -0.05) is 0 Å². The maximum Gasteiger partial charge on any atom is 0.122 e. The van der Waals surface area contributed by atoms with Gasteiger partial charge in [-0.05, 0) is 19.9 Å². The Morgan fingerprint density at radius 3 is 2.78 bits per heavy atom. The molecule has 1 aromatic heterocycles. The number of hydrogen-bond donors (Lipinski definition) is 1. The molecular weight excluding hydrogens is 230 g/mol. The van der Waals surface area contributed by atoms with Crippen molar-refractivity contribution in [3.05, 3.63) is 18.2 Å². The molecular formula is C13H23N3O2. The van der Waals surface area contributed by atoms with E-state index in [9.17, 15) is 5.11 Å². The third kappa shape index (κ3) is 3.10. The minimum Gasteiger partial charge on any atom is -0.396 e. The summed E-state index contributed by atoms with van der Waals surface area (Å²) < 4.78 is 7.42. The molecule has 5 heteroatoms. The maximum atomic E-state index is 9.67. The first kappa shape index (κ1) is 13.5. The molecule has 1 aromatic rings.